The van der Waals surface area contributed by atoms with Gasteiger partial charge in [-0.15, -0.1) is 0 Å². The first-order chi connectivity index (χ1) is 16.0. The topological polar surface area (TPSA) is 186 Å². The normalized spacial score (nSPS) is 38.1. The van der Waals surface area contributed by atoms with Gasteiger partial charge in [-0.2, -0.15) is 0 Å². The van der Waals surface area contributed by atoms with Gasteiger partial charge in [0.2, 0.25) is 0 Å². The van der Waals surface area contributed by atoms with Crippen LogP contribution in [0.3, 0.4) is 0 Å². The summed E-state index contributed by atoms with van der Waals surface area (Å²) in [5.41, 5.74) is 0. The highest BCUT2D eigenvalue weighted by molar-refractivity contribution is 5.68. The summed E-state index contributed by atoms with van der Waals surface area (Å²) in [6.07, 6.45) is -12.8. The van der Waals surface area contributed by atoms with Crippen LogP contribution in [0, 0.1) is 0 Å². The lowest BCUT2D eigenvalue weighted by Gasteiger charge is -2.45. The lowest BCUT2D eigenvalue weighted by molar-refractivity contribution is -0.323. The number of carbonyl (C=O) groups excluding carboxylic acids is 3. The summed E-state index contributed by atoms with van der Waals surface area (Å²) in [7, 11) is 2.52. The minimum Gasteiger partial charge on any atom is -0.456 e. The van der Waals surface area contributed by atoms with Crippen molar-refractivity contribution >= 4 is 17.9 Å². The van der Waals surface area contributed by atoms with E-state index in [4.69, 9.17) is 37.9 Å². The Hall–Kier alpha value is -1.91. The third kappa shape index (κ3) is 6.82. The van der Waals surface area contributed by atoms with Crippen molar-refractivity contribution in [1.82, 2.24) is 0 Å². The average Bonchev–Trinajstić information content (AvgIpc) is 2.76. The van der Waals surface area contributed by atoms with Gasteiger partial charge in [0.25, 0.3) is 0 Å². The smallest absolute Gasteiger partial charge is 0.303 e. The molecule has 0 aromatic rings. The molecule has 14 nitrogen and oxygen atoms in total. The summed E-state index contributed by atoms with van der Waals surface area (Å²) in [5, 5.41) is 30.4. The predicted molar refractivity (Wildman–Crippen MR) is 107 cm³/mol. The maximum atomic E-state index is 11.8. The van der Waals surface area contributed by atoms with Gasteiger partial charge in [-0.25, -0.2) is 0 Å². The second-order valence-corrected chi connectivity index (χ2v) is 7.74. The number of ether oxygens (including phenoxy) is 8. The van der Waals surface area contributed by atoms with E-state index in [1.165, 1.54) is 14.2 Å². The summed E-state index contributed by atoms with van der Waals surface area (Å²) in [5.74, 6) is -2.22. The van der Waals surface area contributed by atoms with Gasteiger partial charge >= 0.3 is 17.9 Å². The minimum absolute atomic E-state index is 0.407. The fourth-order valence-electron chi connectivity index (χ4n) is 3.83. The highest BCUT2D eigenvalue weighted by atomic mass is 16.7. The van der Waals surface area contributed by atoms with Crippen molar-refractivity contribution in [3.63, 3.8) is 0 Å². The van der Waals surface area contributed by atoms with Crippen molar-refractivity contribution in [3.8, 4) is 0 Å². The first kappa shape index (κ1) is 28.3. The van der Waals surface area contributed by atoms with Crippen LogP contribution in [0.1, 0.15) is 20.8 Å². The lowest BCUT2D eigenvalue weighted by Crippen LogP contribution is -2.64. The fraction of sp³-hybridized carbons (Fsp3) is 0.850. The van der Waals surface area contributed by atoms with Crippen LogP contribution in [0.2, 0.25) is 0 Å². The molecule has 0 aromatic carbocycles. The zero-order chi connectivity index (χ0) is 25.6. The number of aliphatic hydroxyl groups excluding tert-OH is 3. The molecule has 2 aliphatic rings. The second-order valence-electron chi connectivity index (χ2n) is 7.74. The van der Waals surface area contributed by atoms with Crippen molar-refractivity contribution in [2.45, 2.75) is 82.2 Å². The predicted octanol–water partition coefficient (Wildman–Crippen LogP) is -2.38. The fourth-order valence-corrected chi connectivity index (χ4v) is 3.83. The summed E-state index contributed by atoms with van der Waals surface area (Å²) in [6, 6.07) is 0. The van der Waals surface area contributed by atoms with Gasteiger partial charge in [0.05, 0.1) is 13.2 Å². The second kappa shape index (κ2) is 12.7. The van der Waals surface area contributed by atoms with Crippen LogP contribution in [0.25, 0.3) is 0 Å². The Bertz CT molecular complexity index is 685. The van der Waals surface area contributed by atoms with E-state index in [0.717, 1.165) is 20.8 Å². The number of rotatable bonds is 9. The molecule has 2 aliphatic heterocycles. The summed E-state index contributed by atoms with van der Waals surface area (Å²) in [4.78, 5) is 35.2. The molecule has 0 aliphatic carbocycles. The molecular weight excluding hydrogens is 464 g/mol. The molecule has 3 N–H and O–H groups in total. The average molecular weight is 496 g/mol. The molecule has 0 amide bonds. The Balaban J connectivity index is 2.30. The molecule has 0 saturated carbocycles. The lowest BCUT2D eigenvalue weighted by atomic mass is 9.97. The van der Waals surface area contributed by atoms with Gasteiger partial charge in [-0.05, 0) is 0 Å². The molecule has 0 aromatic heterocycles. The highest BCUT2D eigenvalue weighted by Gasteiger charge is 2.53. The summed E-state index contributed by atoms with van der Waals surface area (Å²) in [6.45, 7) is 2.38. The molecule has 0 radical (unpaired) electrons. The summed E-state index contributed by atoms with van der Waals surface area (Å²) >= 11 is 0. The van der Waals surface area contributed by atoms with Crippen molar-refractivity contribution in [2.24, 2.45) is 0 Å². The molecule has 196 valence electrons. The number of hydrogen-bond donors (Lipinski definition) is 3. The molecule has 0 unspecified atom stereocenters. The van der Waals surface area contributed by atoms with Crippen LogP contribution in [-0.4, -0.2) is 122 Å². The molecular formula is C20H32O14. The largest absolute Gasteiger partial charge is 0.456 e. The standard InChI is InChI=1S/C20H32O14/c1-8(22)30-15-12(7-29-16-13(25)11(6-21)33-19(27-4)14(16)26)34-20(28-5)18(32-10(3)24)17(15)31-9(2)23/h11-21,25-26H,6-7H2,1-5H3/t11-,12-,13-,14+,15-,16+,17+,18-,19+,20-/m1/s1. The molecule has 0 bridgehead atoms. The first-order valence-corrected chi connectivity index (χ1v) is 10.5. The van der Waals surface area contributed by atoms with E-state index >= 15 is 0 Å². The van der Waals surface area contributed by atoms with E-state index in [0.29, 0.717) is 0 Å². The van der Waals surface area contributed by atoms with Gasteiger partial charge in [0.15, 0.2) is 30.9 Å². The zero-order valence-electron chi connectivity index (χ0n) is 19.5. The van der Waals surface area contributed by atoms with Crippen LogP contribution in [-0.2, 0) is 52.3 Å². The molecule has 14 heteroatoms. The summed E-state index contributed by atoms with van der Waals surface area (Å²) < 4.78 is 42.8. The van der Waals surface area contributed by atoms with E-state index in [9.17, 15) is 29.7 Å². The van der Waals surface area contributed by atoms with E-state index in [1.54, 1.807) is 0 Å². The Labute approximate surface area is 195 Å². The van der Waals surface area contributed by atoms with Crippen LogP contribution in [0.15, 0.2) is 0 Å². The number of methoxy groups -OCH3 is 2. The van der Waals surface area contributed by atoms with Gasteiger partial charge in [-0.3, -0.25) is 14.4 Å². The van der Waals surface area contributed by atoms with E-state index in [1.807, 2.05) is 0 Å². The minimum atomic E-state index is -1.45. The van der Waals surface area contributed by atoms with Gasteiger partial charge in [0, 0.05) is 35.0 Å². The molecule has 10 atom stereocenters. The molecule has 2 rings (SSSR count). The van der Waals surface area contributed by atoms with Crippen LogP contribution < -0.4 is 0 Å². The van der Waals surface area contributed by atoms with Crippen molar-refractivity contribution in [3.05, 3.63) is 0 Å². The molecule has 34 heavy (non-hydrogen) atoms. The number of esters is 3. The third-order valence-corrected chi connectivity index (χ3v) is 5.24. The Kier molecular flexibility index (Phi) is 10.6. The number of carbonyl (C=O) groups is 3. The Morgan fingerprint density at radius 2 is 1.21 bits per heavy atom. The first-order valence-electron chi connectivity index (χ1n) is 10.5. The number of aliphatic hydroxyl groups is 3. The van der Waals surface area contributed by atoms with Crippen LogP contribution in [0.5, 0.6) is 0 Å². The Morgan fingerprint density at radius 3 is 1.71 bits per heavy atom. The maximum Gasteiger partial charge on any atom is 0.303 e. The van der Waals surface area contributed by atoms with Crippen molar-refractivity contribution < 1.29 is 67.6 Å². The van der Waals surface area contributed by atoms with E-state index in [2.05, 4.69) is 0 Å². The Morgan fingerprint density at radius 1 is 0.706 bits per heavy atom. The zero-order valence-corrected chi connectivity index (χ0v) is 19.5. The van der Waals surface area contributed by atoms with Crippen LogP contribution >= 0.6 is 0 Å². The van der Waals surface area contributed by atoms with Gasteiger partial charge in [-0.1, -0.05) is 0 Å². The monoisotopic (exact) mass is 496 g/mol. The van der Waals surface area contributed by atoms with Crippen LogP contribution in [0.4, 0.5) is 0 Å². The third-order valence-electron chi connectivity index (χ3n) is 5.24. The van der Waals surface area contributed by atoms with E-state index < -0.39 is 92.5 Å². The highest BCUT2D eigenvalue weighted by Crippen LogP contribution is 2.31. The molecule has 2 heterocycles. The van der Waals surface area contributed by atoms with Crippen molar-refractivity contribution in [2.75, 3.05) is 27.4 Å². The van der Waals surface area contributed by atoms with E-state index in [-0.39, 0.29) is 0 Å². The molecule has 0 spiro atoms. The quantitative estimate of drug-likeness (QED) is 0.227. The number of hydrogen-bond acceptors (Lipinski definition) is 14. The SMILES string of the molecule is CO[C@H]1O[C@H](CO)[C@@H](O)[C@H](OC[C@H]2O[C@@H](OC)[C@H](OC(C)=O)[C@@H](OC(C)=O)[C@@H]2OC(C)=O)[C@@H]1O. The van der Waals surface area contributed by atoms with Crippen molar-refractivity contribution in [1.29, 1.82) is 0 Å². The van der Waals surface area contributed by atoms with Gasteiger partial charge < -0.3 is 53.2 Å². The molecule has 2 saturated heterocycles. The molecule has 2 fully saturated rings. The van der Waals surface area contributed by atoms with Gasteiger partial charge in [0.1, 0.15) is 30.5 Å². The maximum absolute atomic E-state index is 11.8.